The number of fused-ring (bicyclic) bond motifs is 1. The number of nitrogens with one attached hydrogen (secondary N) is 1. The molecule has 1 aliphatic rings. The number of esters is 1. The number of hydrogen-bond donors (Lipinski definition) is 1. The van der Waals surface area contributed by atoms with E-state index in [1.807, 2.05) is 22.8 Å². The average Bonchev–Trinajstić information content (AvgIpc) is 3.30. The number of anilines is 1. The lowest BCUT2D eigenvalue weighted by atomic mass is 10.1. The molecule has 3 aromatic rings. The number of aryl methyl sites for hydroxylation is 1. The first-order valence-corrected chi connectivity index (χ1v) is 13.7. The molecule has 0 aliphatic heterocycles. The van der Waals surface area contributed by atoms with E-state index in [2.05, 4.69) is 34.2 Å². The van der Waals surface area contributed by atoms with Crippen molar-refractivity contribution in [3.05, 3.63) is 70.4 Å². The number of hydrogen-bond acceptors (Lipinski definition) is 7. The summed E-state index contributed by atoms with van der Waals surface area (Å²) < 4.78 is 7.30. The molecule has 1 aromatic carbocycles. The normalized spacial score (nSPS) is 13.1. The molecule has 0 saturated heterocycles. The first-order chi connectivity index (χ1) is 17.1. The zero-order valence-corrected chi connectivity index (χ0v) is 21.6. The molecule has 184 valence electrons. The molecule has 0 fully saturated rings. The van der Waals surface area contributed by atoms with Gasteiger partial charge in [0, 0.05) is 17.8 Å². The number of rotatable bonds is 10. The maximum atomic E-state index is 12.9. The van der Waals surface area contributed by atoms with Gasteiger partial charge in [0.15, 0.2) is 5.16 Å². The molecule has 1 amide bonds. The SMILES string of the molecule is C=CCn1c(Cc2ccccc2)nnc1SCC(=O)Nc1sc2c(c1C(=O)OCC)CCCCC2. The van der Waals surface area contributed by atoms with E-state index in [9.17, 15) is 9.59 Å². The number of benzene rings is 1. The van der Waals surface area contributed by atoms with Crippen LogP contribution in [0.15, 0.2) is 48.1 Å². The summed E-state index contributed by atoms with van der Waals surface area (Å²) >= 11 is 2.83. The lowest BCUT2D eigenvalue weighted by molar-refractivity contribution is -0.113. The Morgan fingerprint density at radius 2 is 2.00 bits per heavy atom. The molecule has 0 bridgehead atoms. The molecule has 0 spiro atoms. The minimum absolute atomic E-state index is 0.158. The molecule has 2 aromatic heterocycles. The van der Waals surface area contributed by atoms with Gasteiger partial charge in [-0.3, -0.25) is 4.79 Å². The van der Waals surface area contributed by atoms with E-state index >= 15 is 0 Å². The van der Waals surface area contributed by atoms with Gasteiger partial charge in [0.1, 0.15) is 10.8 Å². The summed E-state index contributed by atoms with van der Waals surface area (Å²) in [5, 5.41) is 12.9. The van der Waals surface area contributed by atoms with Gasteiger partial charge >= 0.3 is 5.97 Å². The molecular weight excluding hydrogens is 480 g/mol. The monoisotopic (exact) mass is 510 g/mol. The molecular formula is C26H30N4O3S2. The largest absolute Gasteiger partial charge is 0.462 e. The molecule has 0 saturated carbocycles. The minimum Gasteiger partial charge on any atom is -0.462 e. The van der Waals surface area contributed by atoms with Crippen LogP contribution < -0.4 is 5.32 Å². The summed E-state index contributed by atoms with van der Waals surface area (Å²) in [6.07, 6.45) is 7.53. The van der Waals surface area contributed by atoms with Gasteiger partial charge in [0.2, 0.25) is 5.91 Å². The molecule has 9 heteroatoms. The smallest absolute Gasteiger partial charge is 0.341 e. The van der Waals surface area contributed by atoms with Crippen molar-refractivity contribution in [3.8, 4) is 0 Å². The number of ether oxygens (including phenoxy) is 1. The van der Waals surface area contributed by atoms with E-state index in [-0.39, 0.29) is 17.6 Å². The van der Waals surface area contributed by atoms with E-state index in [0.717, 1.165) is 49.1 Å². The molecule has 0 atom stereocenters. The second-order valence-corrected chi connectivity index (χ2v) is 10.3. The van der Waals surface area contributed by atoms with E-state index in [1.54, 1.807) is 13.0 Å². The van der Waals surface area contributed by atoms with Crippen molar-refractivity contribution < 1.29 is 14.3 Å². The van der Waals surface area contributed by atoms with Crippen LogP contribution in [-0.2, 0) is 35.3 Å². The highest BCUT2D eigenvalue weighted by molar-refractivity contribution is 7.99. The zero-order chi connectivity index (χ0) is 24.6. The maximum Gasteiger partial charge on any atom is 0.341 e. The van der Waals surface area contributed by atoms with Crippen LogP contribution in [-0.4, -0.2) is 39.0 Å². The van der Waals surface area contributed by atoms with Crippen LogP contribution in [0, 0.1) is 0 Å². The molecule has 7 nitrogen and oxygen atoms in total. The van der Waals surface area contributed by atoms with Crippen molar-refractivity contribution >= 4 is 40.0 Å². The standard InChI is InChI=1S/C26H30N4O3S2/c1-3-15-30-21(16-18-11-7-5-8-12-18)28-29-26(30)34-17-22(31)27-24-23(25(32)33-4-2)19-13-9-6-10-14-20(19)35-24/h3,5,7-8,11-12H,1,4,6,9-10,13-17H2,2H3,(H,27,31). The Morgan fingerprint density at radius 1 is 1.20 bits per heavy atom. The summed E-state index contributed by atoms with van der Waals surface area (Å²) in [6, 6.07) is 10.1. The van der Waals surface area contributed by atoms with Gasteiger partial charge in [0.25, 0.3) is 0 Å². The predicted molar refractivity (Wildman–Crippen MR) is 140 cm³/mol. The quantitative estimate of drug-likeness (QED) is 0.173. The fourth-order valence-electron chi connectivity index (χ4n) is 4.19. The number of thioether (sulfide) groups is 1. The van der Waals surface area contributed by atoms with Gasteiger partial charge in [0.05, 0.1) is 17.9 Å². The zero-order valence-electron chi connectivity index (χ0n) is 19.9. The van der Waals surface area contributed by atoms with Gasteiger partial charge in [-0.2, -0.15) is 0 Å². The predicted octanol–water partition coefficient (Wildman–Crippen LogP) is 5.29. The second kappa shape index (κ2) is 12.2. The van der Waals surface area contributed by atoms with Gasteiger partial charge < -0.3 is 14.6 Å². The molecule has 4 rings (SSSR count). The molecule has 1 aliphatic carbocycles. The third kappa shape index (κ3) is 6.21. The summed E-state index contributed by atoms with van der Waals surface area (Å²) in [5.74, 6) is 0.442. The van der Waals surface area contributed by atoms with E-state index in [0.29, 0.717) is 35.3 Å². The fourth-order valence-corrected chi connectivity index (χ4v) is 6.25. The van der Waals surface area contributed by atoms with Crippen molar-refractivity contribution in [1.29, 1.82) is 0 Å². The molecule has 0 unspecified atom stereocenters. The van der Waals surface area contributed by atoms with Crippen LogP contribution in [0.2, 0.25) is 0 Å². The summed E-state index contributed by atoms with van der Waals surface area (Å²) in [5.41, 5.74) is 2.72. The van der Waals surface area contributed by atoms with E-state index in [1.165, 1.54) is 28.0 Å². The van der Waals surface area contributed by atoms with E-state index < -0.39 is 0 Å². The van der Waals surface area contributed by atoms with Crippen molar-refractivity contribution in [1.82, 2.24) is 14.8 Å². The van der Waals surface area contributed by atoms with Gasteiger partial charge in [-0.15, -0.1) is 28.1 Å². The Morgan fingerprint density at radius 3 is 2.77 bits per heavy atom. The number of carbonyl (C=O) groups is 2. The Hall–Kier alpha value is -2.91. The lowest BCUT2D eigenvalue weighted by Gasteiger charge is -2.09. The van der Waals surface area contributed by atoms with Crippen molar-refractivity contribution in [2.24, 2.45) is 0 Å². The second-order valence-electron chi connectivity index (χ2n) is 8.29. The molecule has 0 radical (unpaired) electrons. The number of thiophene rings is 1. The first kappa shape index (κ1) is 25.2. The highest BCUT2D eigenvalue weighted by Crippen LogP contribution is 2.38. The number of allylic oxidation sites excluding steroid dienone is 1. The van der Waals surface area contributed by atoms with Crippen LogP contribution in [0.5, 0.6) is 0 Å². The molecule has 2 heterocycles. The van der Waals surface area contributed by atoms with Gasteiger partial charge in [-0.05, 0) is 43.7 Å². The Kier molecular flexibility index (Phi) is 8.76. The Balaban J connectivity index is 1.47. The summed E-state index contributed by atoms with van der Waals surface area (Å²) in [7, 11) is 0. The maximum absolute atomic E-state index is 12.9. The van der Waals surface area contributed by atoms with Crippen molar-refractivity contribution in [2.45, 2.75) is 57.1 Å². The number of carbonyl (C=O) groups excluding carboxylic acids is 2. The van der Waals surface area contributed by atoms with Crippen LogP contribution >= 0.6 is 23.1 Å². The van der Waals surface area contributed by atoms with Gasteiger partial charge in [-0.25, -0.2) is 4.79 Å². The van der Waals surface area contributed by atoms with E-state index in [4.69, 9.17) is 4.74 Å². The number of aromatic nitrogens is 3. The number of amides is 1. The summed E-state index contributed by atoms with van der Waals surface area (Å²) in [6.45, 7) is 6.51. The van der Waals surface area contributed by atoms with Crippen LogP contribution in [0.25, 0.3) is 0 Å². The lowest BCUT2D eigenvalue weighted by Crippen LogP contribution is -2.17. The van der Waals surface area contributed by atoms with Gasteiger partial charge in [-0.1, -0.05) is 54.6 Å². The minimum atomic E-state index is -0.355. The molecule has 35 heavy (non-hydrogen) atoms. The highest BCUT2D eigenvalue weighted by atomic mass is 32.2. The van der Waals surface area contributed by atoms with Crippen molar-refractivity contribution in [3.63, 3.8) is 0 Å². The highest BCUT2D eigenvalue weighted by Gasteiger charge is 2.26. The topological polar surface area (TPSA) is 86.1 Å². The average molecular weight is 511 g/mol. The van der Waals surface area contributed by atoms with Crippen molar-refractivity contribution in [2.75, 3.05) is 17.7 Å². The Bertz CT molecular complexity index is 1190. The third-order valence-electron chi connectivity index (χ3n) is 5.80. The fraction of sp³-hybridized carbons (Fsp3) is 0.385. The molecule has 1 N–H and O–H groups in total. The third-order valence-corrected chi connectivity index (χ3v) is 7.97. The summed E-state index contributed by atoms with van der Waals surface area (Å²) in [4.78, 5) is 26.8. The van der Waals surface area contributed by atoms with Crippen LogP contribution in [0.3, 0.4) is 0 Å². The Labute approximate surface area is 214 Å². The number of nitrogens with zero attached hydrogens (tertiary/aromatic N) is 3. The van der Waals surface area contributed by atoms with Crippen LogP contribution in [0.1, 0.15) is 58.4 Å². The first-order valence-electron chi connectivity index (χ1n) is 11.9. The van der Waals surface area contributed by atoms with Crippen LogP contribution in [0.4, 0.5) is 5.00 Å².